The van der Waals surface area contributed by atoms with Gasteiger partial charge in [-0.1, -0.05) is 0 Å². The largest absolute Gasteiger partial charge is 0.337 e. The van der Waals surface area contributed by atoms with Crippen LogP contribution in [0.1, 0.15) is 20.3 Å². The van der Waals surface area contributed by atoms with Crippen molar-refractivity contribution in [3.05, 3.63) is 18.7 Å². The molecular formula is C10H18ClN3. The molecule has 14 heavy (non-hydrogen) atoms. The smallest absolute Gasteiger partial charge is 0.0945 e. The van der Waals surface area contributed by atoms with Gasteiger partial charge in [-0.05, 0) is 26.8 Å². The van der Waals surface area contributed by atoms with Crippen LogP contribution in [0.3, 0.4) is 0 Å². The van der Waals surface area contributed by atoms with Crippen molar-refractivity contribution in [2.24, 2.45) is 0 Å². The van der Waals surface area contributed by atoms with Crippen molar-refractivity contribution in [3.63, 3.8) is 0 Å². The maximum Gasteiger partial charge on any atom is 0.0945 e. The summed E-state index contributed by atoms with van der Waals surface area (Å²) in [5.41, 5.74) is 0.0382. The van der Waals surface area contributed by atoms with Crippen molar-refractivity contribution in [2.75, 3.05) is 12.4 Å². The van der Waals surface area contributed by atoms with E-state index in [0.717, 1.165) is 19.5 Å². The highest BCUT2D eigenvalue weighted by Crippen LogP contribution is 2.04. The topological polar surface area (TPSA) is 29.9 Å². The Morgan fingerprint density at radius 2 is 2.29 bits per heavy atom. The molecule has 0 aliphatic heterocycles. The highest BCUT2D eigenvalue weighted by molar-refractivity contribution is 6.18. The Morgan fingerprint density at radius 1 is 1.50 bits per heavy atom. The van der Waals surface area contributed by atoms with E-state index >= 15 is 0 Å². The predicted molar refractivity (Wildman–Crippen MR) is 59.6 cm³/mol. The van der Waals surface area contributed by atoms with Gasteiger partial charge in [0.1, 0.15) is 0 Å². The van der Waals surface area contributed by atoms with Crippen LogP contribution < -0.4 is 5.32 Å². The summed E-state index contributed by atoms with van der Waals surface area (Å²) in [5.74, 6) is 0.637. The SMILES string of the molecule is CC(C)(CCl)NCCCn1ccnc1. The average molecular weight is 216 g/mol. The Kier molecular flexibility index (Phi) is 4.42. The van der Waals surface area contributed by atoms with Crippen LogP contribution in [-0.2, 0) is 6.54 Å². The zero-order valence-electron chi connectivity index (χ0n) is 8.83. The lowest BCUT2D eigenvalue weighted by atomic mass is 10.1. The first-order valence-electron chi connectivity index (χ1n) is 4.91. The second-order valence-electron chi connectivity index (χ2n) is 4.10. The van der Waals surface area contributed by atoms with Crippen LogP contribution >= 0.6 is 11.6 Å². The van der Waals surface area contributed by atoms with Crippen LogP contribution in [0.4, 0.5) is 0 Å². The Hall–Kier alpha value is -0.540. The molecule has 1 rings (SSSR count). The molecule has 80 valence electrons. The first kappa shape index (κ1) is 11.5. The fourth-order valence-electron chi connectivity index (χ4n) is 1.15. The van der Waals surface area contributed by atoms with Gasteiger partial charge in [-0.2, -0.15) is 0 Å². The average Bonchev–Trinajstić information content (AvgIpc) is 2.65. The van der Waals surface area contributed by atoms with Crippen LogP contribution in [-0.4, -0.2) is 27.5 Å². The quantitative estimate of drug-likeness (QED) is 0.580. The molecule has 0 unspecified atom stereocenters. The van der Waals surface area contributed by atoms with E-state index in [-0.39, 0.29) is 5.54 Å². The predicted octanol–water partition coefficient (Wildman–Crippen LogP) is 1.88. The summed E-state index contributed by atoms with van der Waals surface area (Å²) in [7, 11) is 0. The summed E-state index contributed by atoms with van der Waals surface area (Å²) in [6.07, 6.45) is 6.71. The number of nitrogens with zero attached hydrogens (tertiary/aromatic N) is 2. The Balaban J connectivity index is 2.11. The summed E-state index contributed by atoms with van der Waals surface area (Å²) < 4.78 is 2.08. The van der Waals surface area contributed by atoms with Crippen LogP contribution in [0.5, 0.6) is 0 Å². The lowest BCUT2D eigenvalue weighted by Gasteiger charge is -2.23. The molecule has 1 aromatic rings. The summed E-state index contributed by atoms with van der Waals surface area (Å²) >= 11 is 5.79. The summed E-state index contributed by atoms with van der Waals surface area (Å²) in [4.78, 5) is 3.99. The number of imidazole rings is 1. The minimum atomic E-state index is 0.0382. The second kappa shape index (κ2) is 5.37. The summed E-state index contributed by atoms with van der Waals surface area (Å²) in [5, 5.41) is 3.41. The Bertz CT molecular complexity index is 244. The third kappa shape index (κ3) is 4.11. The molecule has 0 aromatic carbocycles. The van der Waals surface area contributed by atoms with E-state index in [9.17, 15) is 0 Å². The van der Waals surface area contributed by atoms with Gasteiger partial charge in [0.25, 0.3) is 0 Å². The standard InChI is InChI=1S/C10H18ClN3/c1-10(2,8-11)13-4-3-6-14-7-5-12-9-14/h5,7,9,13H,3-4,6,8H2,1-2H3. The van der Waals surface area contributed by atoms with E-state index in [0.29, 0.717) is 5.88 Å². The monoisotopic (exact) mass is 215 g/mol. The highest BCUT2D eigenvalue weighted by atomic mass is 35.5. The number of nitrogens with one attached hydrogen (secondary N) is 1. The maximum atomic E-state index is 5.79. The Morgan fingerprint density at radius 3 is 2.86 bits per heavy atom. The summed E-state index contributed by atoms with van der Waals surface area (Å²) in [6.45, 7) is 6.21. The molecule has 0 fully saturated rings. The van der Waals surface area contributed by atoms with Crippen LogP contribution in [0.25, 0.3) is 0 Å². The normalized spacial score (nSPS) is 11.9. The molecule has 0 bridgehead atoms. The molecule has 1 heterocycles. The number of aryl methyl sites for hydroxylation is 1. The number of alkyl halides is 1. The van der Waals surface area contributed by atoms with E-state index in [1.165, 1.54) is 0 Å². The number of hydrogen-bond donors (Lipinski definition) is 1. The fraction of sp³-hybridized carbons (Fsp3) is 0.700. The zero-order valence-corrected chi connectivity index (χ0v) is 9.59. The third-order valence-corrected chi connectivity index (χ3v) is 2.76. The lowest BCUT2D eigenvalue weighted by Crippen LogP contribution is -2.41. The van der Waals surface area contributed by atoms with E-state index in [1.807, 2.05) is 12.5 Å². The van der Waals surface area contributed by atoms with Gasteiger partial charge < -0.3 is 9.88 Å². The van der Waals surface area contributed by atoms with E-state index in [4.69, 9.17) is 11.6 Å². The van der Waals surface area contributed by atoms with Gasteiger partial charge in [0.2, 0.25) is 0 Å². The van der Waals surface area contributed by atoms with Crippen LogP contribution in [0, 0.1) is 0 Å². The molecule has 0 radical (unpaired) electrons. The van der Waals surface area contributed by atoms with Crippen LogP contribution in [0.2, 0.25) is 0 Å². The highest BCUT2D eigenvalue weighted by Gasteiger charge is 2.13. The van der Waals surface area contributed by atoms with Crippen molar-refractivity contribution >= 4 is 11.6 Å². The van der Waals surface area contributed by atoms with Crippen LogP contribution in [0.15, 0.2) is 18.7 Å². The second-order valence-corrected chi connectivity index (χ2v) is 4.37. The first-order chi connectivity index (χ1) is 6.64. The third-order valence-electron chi connectivity index (χ3n) is 2.09. The molecule has 1 N–H and O–H groups in total. The number of hydrogen-bond acceptors (Lipinski definition) is 2. The van der Waals surface area contributed by atoms with E-state index < -0.39 is 0 Å². The van der Waals surface area contributed by atoms with Crippen molar-refractivity contribution in [1.29, 1.82) is 0 Å². The van der Waals surface area contributed by atoms with E-state index in [1.54, 1.807) is 6.20 Å². The van der Waals surface area contributed by atoms with Gasteiger partial charge in [0.15, 0.2) is 0 Å². The molecule has 1 aromatic heterocycles. The van der Waals surface area contributed by atoms with Gasteiger partial charge >= 0.3 is 0 Å². The molecule has 0 saturated carbocycles. The van der Waals surface area contributed by atoms with Crippen molar-refractivity contribution < 1.29 is 0 Å². The van der Waals surface area contributed by atoms with Gasteiger partial charge in [0.05, 0.1) is 6.33 Å². The minimum absolute atomic E-state index is 0.0382. The summed E-state index contributed by atoms with van der Waals surface area (Å²) in [6, 6.07) is 0. The zero-order chi connectivity index (χ0) is 10.4. The molecule has 3 nitrogen and oxygen atoms in total. The maximum absolute atomic E-state index is 5.79. The van der Waals surface area contributed by atoms with Gasteiger partial charge in [0, 0.05) is 30.4 Å². The van der Waals surface area contributed by atoms with Crippen molar-refractivity contribution in [1.82, 2.24) is 14.9 Å². The fourth-order valence-corrected chi connectivity index (χ4v) is 1.25. The number of rotatable bonds is 6. The number of halogens is 1. The number of aromatic nitrogens is 2. The van der Waals surface area contributed by atoms with E-state index in [2.05, 4.69) is 28.7 Å². The molecule has 4 heteroatoms. The molecular weight excluding hydrogens is 198 g/mol. The molecule has 0 aliphatic rings. The molecule has 0 amide bonds. The van der Waals surface area contributed by atoms with Gasteiger partial charge in [-0.15, -0.1) is 11.6 Å². The minimum Gasteiger partial charge on any atom is -0.337 e. The van der Waals surface area contributed by atoms with Crippen molar-refractivity contribution in [2.45, 2.75) is 32.4 Å². The van der Waals surface area contributed by atoms with Gasteiger partial charge in [-0.25, -0.2) is 4.98 Å². The Labute approximate surface area is 90.5 Å². The van der Waals surface area contributed by atoms with Crippen molar-refractivity contribution in [3.8, 4) is 0 Å². The first-order valence-corrected chi connectivity index (χ1v) is 5.44. The molecule has 0 spiro atoms. The molecule has 0 aliphatic carbocycles. The lowest BCUT2D eigenvalue weighted by molar-refractivity contribution is 0.418. The van der Waals surface area contributed by atoms with Gasteiger partial charge in [-0.3, -0.25) is 0 Å². The molecule has 0 saturated heterocycles. The molecule has 0 atom stereocenters.